The van der Waals surface area contributed by atoms with Gasteiger partial charge in [-0.05, 0) is 24.5 Å². The number of nitrogens with zero attached hydrogens (tertiary/aromatic N) is 1. The molecule has 1 aliphatic rings. The number of fused-ring (bicyclic) bond motifs is 1. The highest BCUT2D eigenvalue weighted by Gasteiger charge is 2.18. The molecule has 3 rings (SSSR count). The van der Waals surface area contributed by atoms with E-state index in [1.54, 1.807) is 14.2 Å². The van der Waals surface area contributed by atoms with E-state index >= 15 is 0 Å². The maximum absolute atomic E-state index is 12.3. The first-order valence-electron chi connectivity index (χ1n) is 7.61. The minimum atomic E-state index is 0.105. The number of carbonyl (C=O) groups is 1. The van der Waals surface area contributed by atoms with E-state index in [4.69, 9.17) is 9.47 Å². The number of ketones is 1. The molecule has 0 saturated heterocycles. The van der Waals surface area contributed by atoms with Crippen molar-refractivity contribution in [3.05, 3.63) is 53.6 Å². The van der Waals surface area contributed by atoms with Crippen LogP contribution >= 0.6 is 0 Å². The van der Waals surface area contributed by atoms with E-state index in [0.29, 0.717) is 17.9 Å². The molecule has 4 heteroatoms. The fraction of sp³-hybridized carbons (Fsp3) is 0.263. The van der Waals surface area contributed by atoms with E-state index in [1.807, 2.05) is 42.5 Å². The molecule has 0 atom stereocenters. The van der Waals surface area contributed by atoms with Crippen LogP contribution in [0.25, 0.3) is 0 Å². The van der Waals surface area contributed by atoms with Gasteiger partial charge in [-0.25, -0.2) is 0 Å². The van der Waals surface area contributed by atoms with Crippen molar-refractivity contribution < 1.29 is 14.3 Å². The first kappa shape index (κ1) is 15.3. The number of aliphatic imine (C=N–C) groups is 1. The van der Waals surface area contributed by atoms with Crippen LogP contribution in [0.1, 0.15) is 28.8 Å². The molecule has 2 aromatic carbocycles. The van der Waals surface area contributed by atoms with Crippen LogP contribution in [0.4, 0.5) is 5.69 Å². The van der Waals surface area contributed by atoms with Gasteiger partial charge in [-0.3, -0.25) is 9.79 Å². The number of rotatable bonds is 5. The third kappa shape index (κ3) is 3.26. The normalized spacial score (nSPS) is 13.0. The van der Waals surface area contributed by atoms with Crippen molar-refractivity contribution in [2.75, 3.05) is 14.2 Å². The number of aryl methyl sites for hydroxylation is 1. The van der Waals surface area contributed by atoms with Gasteiger partial charge >= 0.3 is 0 Å². The van der Waals surface area contributed by atoms with Gasteiger partial charge in [0, 0.05) is 23.8 Å². The van der Waals surface area contributed by atoms with Crippen LogP contribution in [0.15, 0.2) is 47.5 Å². The molecule has 0 saturated carbocycles. The first-order valence-corrected chi connectivity index (χ1v) is 7.61. The van der Waals surface area contributed by atoms with Gasteiger partial charge < -0.3 is 9.47 Å². The Balaban J connectivity index is 1.84. The minimum absolute atomic E-state index is 0.105. The summed E-state index contributed by atoms with van der Waals surface area (Å²) in [6.45, 7) is 0. The molecular weight excluding hydrogens is 290 g/mol. The molecule has 0 radical (unpaired) electrons. The number of ether oxygens (including phenoxy) is 2. The smallest absolute Gasteiger partial charge is 0.168 e. The molecule has 1 heterocycles. The molecule has 0 N–H and O–H groups in total. The highest BCUT2D eigenvalue weighted by Crippen LogP contribution is 2.37. The fourth-order valence-corrected chi connectivity index (χ4v) is 2.76. The Kier molecular flexibility index (Phi) is 4.42. The summed E-state index contributed by atoms with van der Waals surface area (Å²) in [5.41, 5.74) is 3.63. The second-order valence-corrected chi connectivity index (χ2v) is 5.48. The molecule has 0 bridgehead atoms. The molecule has 23 heavy (non-hydrogen) atoms. The lowest BCUT2D eigenvalue weighted by atomic mass is 9.96. The summed E-state index contributed by atoms with van der Waals surface area (Å²) in [6, 6.07) is 13.2. The van der Waals surface area contributed by atoms with Crippen LogP contribution in [-0.4, -0.2) is 25.7 Å². The van der Waals surface area contributed by atoms with Crippen LogP contribution < -0.4 is 9.47 Å². The third-order valence-corrected chi connectivity index (χ3v) is 4.01. The zero-order valence-corrected chi connectivity index (χ0v) is 13.3. The van der Waals surface area contributed by atoms with E-state index in [9.17, 15) is 4.79 Å². The van der Waals surface area contributed by atoms with Crippen LogP contribution in [0, 0.1) is 0 Å². The minimum Gasteiger partial charge on any atom is -0.493 e. The monoisotopic (exact) mass is 309 g/mol. The Labute approximate surface area is 135 Å². The van der Waals surface area contributed by atoms with Crippen molar-refractivity contribution in [2.24, 2.45) is 4.99 Å². The van der Waals surface area contributed by atoms with Gasteiger partial charge in [-0.15, -0.1) is 0 Å². The second-order valence-electron chi connectivity index (χ2n) is 5.48. The van der Waals surface area contributed by atoms with E-state index in [-0.39, 0.29) is 5.78 Å². The zero-order valence-electron chi connectivity index (χ0n) is 13.3. The van der Waals surface area contributed by atoms with Gasteiger partial charge in [0.05, 0.1) is 19.9 Å². The lowest BCUT2D eigenvalue weighted by molar-refractivity contribution is 0.1000. The van der Waals surface area contributed by atoms with Crippen molar-refractivity contribution in [3.63, 3.8) is 0 Å². The Morgan fingerprint density at radius 2 is 1.74 bits per heavy atom. The Hall–Kier alpha value is -2.62. The zero-order chi connectivity index (χ0) is 16.2. The van der Waals surface area contributed by atoms with Crippen LogP contribution in [0.3, 0.4) is 0 Å². The maximum atomic E-state index is 12.3. The second kappa shape index (κ2) is 6.65. The van der Waals surface area contributed by atoms with Crippen molar-refractivity contribution >= 4 is 17.2 Å². The van der Waals surface area contributed by atoms with Crippen molar-refractivity contribution in [3.8, 4) is 11.5 Å². The molecule has 1 aliphatic heterocycles. The third-order valence-electron chi connectivity index (χ3n) is 4.01. The van der Waals surface area contributed by atoms with Crippen molar-refractivity contribution in [2.45, 2.75) is 19.3 Å². The average Bonchev–Trinajstić information content (AvgIpc) is 2.61. The summed E-state index contributed by atoms with van der Waals surface area (Å²) in [7, 11) is 3.23. The Bertz CT molecular complexity index is 751. The maximum Gasteiger partial charge on any atom is 0.168 e. The largest absolute Gasteiger partial charge is 0.493 e. The molecule has 0 aromatic heterocycles. The quantitative estimate of drug-likeness (QED) is 0.784. The average molecular weight is 309 g/mol. The number of carbonyl (C=O) groups excluding carboxylic acids is 1. The predicted octanol–water partition coefficient (Wildman–Crippen LogP) is 4.00. The Morgan fingerprint density at radius 1 is 1.04 bits per heavy atom. The lowest BCUT2D eigenvalue weighted by Crippen LogP contribution is -2.12. The molecule has 2 aromatic rings. The van der Waals surface area contributed by atoms with Crippen LogP contribution in [0.5, 0.6) is 11.5 Å². The van der Waals surface area contributed by atoms with E-state index in [0.717, 1.165) is 35.4 Å². The van der Waals surface area contributed by atoms with Gasteiger partial charge in [0.25, 0.3) is 0 Å². The van der Waals surface area contributed by atoms with E-state index in [1.165, 1.54) is 0 Å². The number of Topliss-reactive ketones (excluding diaryl/α,β-unsaturated/α-hetero) is 1. The number of benzene rings is 2. The first-order chi connectivity index (χ1) is 11.2. The molecular formula is C19H19NO3. The standard InChI is InChI=1S/C19H19NO3/c1-22-18-10-14-8-9-15(20-16(14)12-19(18)23-2)11-17(21)13-6-4-3-5-7-13/h3-7,10,12H,8-9,11H2,1-2H3. The predicted molar refractivity (Wildman–Crippen MR) is 90.4 cm³/mol. The van der Waals surface area contributed by atoms with E-state index in [2.05, 4.69) is 4.99 Å². The number of hydrogen-bond donors (Lipinski definition) is 0. The van der Waals surface area contributed by atoms with Crippen molar-refractivity contribution in [1.29, 1.82) is 0 Å². The van der Waals surface area contributed by atoms with Gasteiger partial charge in [-0.2, -0.15) is 0 Å². The number of methoxy groups -OCH3 is 2. The summed E-state index contributed by atoms with van der Waals surface area (Å²) in [5.74, 6) is 1.48. The highest BCUT2D eigenvalue weighted by atomic mass is 16.5. The molecule has 0 fully saturated rings. The summed E-state index contributed by atoms with van der Waals surface area (Å²) in [5, 5.41) is 0. The lowest BCUT2D eigenvalue weighted by Gasteiger charge is -2.18. The van der Waals surface area contributed by atoms with Crippen LogP contribution in [-0.2, 0) is 6.42 Å². The molecule has 118 valence electrons. The topological polar surface area (TPSA) is 47.9 Å². The van der Waals surface area contributed by atoms with Gasteiger partial charge in [0.2, 0.25) is 0 Å². The van der Waals surface area contributed by atoms with E-state index < -0.39 is 0 Å². The summed E-state index contributed by atoms with van der Waals surface area (Å²) >= 11 is 0. The molecule has 0 aliphatic carbocycles. The van der Waals surface area contributed by atoms with Gasteiger partial charge in [-0.1, -0.05) is 30.3 Å². The molecule has 0 unspecified atom stereocenters. The molecule has 0 spiro atoms. The van der Waals surface area contributed by atoms with Gasteiger partial charge in [0.1, 0.15) is 0 Å². The van der Waals surface area contributed by atoms with Crippen LogP contribution in [0.2, 0.25) is 0 Å². The highest BCUT2D eigenvalue weighted by molar-refractivity contribution is 6.10. The summed E-state index contributed by atoms with van der Waals surface area (Å²) in [6.07, 6.45) is 2.01. The SMILES string of the molecule is COc1cc2c(cc1OC)N=C(CC(=O)c1ccccc1)CC2. The summed E-state index contributed by atoms with van der Waals surface area (Å²) in [4.78, 5) is 17.0. The molecule has 4 nitrogen and oxygen atoms in total. The van der Waals surface area contributed by atoms with Gasteiger partial charge in [0.15, 0.2) is 17.3 Å². The number of hydrogen-bond acceptors (Lipinski definition) is 4. The fourth-order valence-electron chi connectivity index (χ4n) is 2.76. The Morgan fingerprint density at radius 3 is 2.43 bits per heavy atom. The molecule has 0 amide bonds. The van der Waals surface area contributed by atoms with Crippen molar-refractivity contribution in [1.82, 2.24) is 0 Å². The summed E-state index contributed by atoms with van der Waals surface area (Å²) < 4.78 is 10.7.